The molecule has 1 unspecified atom stereocenters. The van der Waals surface area contributed by atoms with Gasteiger partial charge in [0.15, 0.2) is 5.69 Å². The quantitative estimate of drug-likeness (QED) is 0.493. The lowest BCUT2D eigenvalue weighted by molar-refractivity contribution is -0.131. The van der Waals surface area contributed by atoms with Crippen molar-refractivity contribution in [2.24, 2.45) is 0 Å². The second-order valence-corrected chi connectivity index (χ2v) is 8.51. The van der Waals surface area contributed by atoms with E-state index in [1.54, 1.807) is 36.2 Å². The number of H-pyrrole nitrogens is 1. The molecule has 1 aromatic heterocycles. The number of hydrogen-bond donors (Lipinski definition) is 3. The topological polar surface area (TPSA) is 107 Å². The number of likely N-dealkylation sites (N-methyl/N-ethyl adjacent to an activating group) is 1. The molecule has 3 amide bonds. The molecule has 0 radical (unpaired) electrons. The van der Waals surface area contributed by atoms with Crippen LogP contribution in [0.2, 0.25) is 5.02 Å². The van der Waals surface area contributed by atoms with Gasteiger partial charge >= 0.3 is 0 Å². The van der Waals surface area contributed by atoms with Crippen molar-refractivity contribution in [1.82, 2.24) is 20.4 Å². The molecule has 4 rings (SSSR count). The molecule has 8 nitrogen and oxygen atoms in total. The van der Waals surface area contributed by atoms with E-state index in [0.29, 0.717) is 18.0 Å². The predicted octanol–water partition coefficient (Wildman–Crippen LogP) is 3.56. The molecule has 1 aliphatic rings. The Kier molecular flexibility index (Phi) is 6.29. The minimum atomic E-state index is -0.837. The monoisotopic (exact) mass is 515 g/mol. The fourth-order valence-corrected chi connectivity index (χ4v) is 4.20. The fourth-order valence-electron chi connectivity index (χ4n) is 3.52. The van der Waals surface area contributed by atoms with Crippen molar-refractivity contribution in [1.29, 1.82) is 0 Å². The fraction of sp³-hybridized carbons (Fsp3) is 0.182. The summed E-state index contributed by atoms with van der Waals surface area (Å²) in [5.41, 5.74) is 2.06. The van der Waals surface area contributed by atoms with Crippen LogP contribution in [0.5, 0.6) is 0 Å². The molecule has 2 heterocycles. The van der Waals surface area contributed by atoms with Gasteiger partial charge in [0.1, 0.15) is 11.9 Å². The lowest BCUT2D eigenvalue weighted by Gasteiger charge is -2.21. The van der Waals surface area contributed by atoms with Crippen LogP contribution in [0, 0.1) is 0 Å². The molecule has 3 aromatic rings. The van der Waals surface area contributed by atoms with Crippen LogP contribution >= 0.6 is 27.5 Å². The number of aromatic nitrogens is 2. The Labute approximate surface area is 197 Å². The number of hydrogen-bond acceptors (Lipinski definition) is 4. The summed E-state index contributed by atoms with van der Waals surface area (Å²) < 4.78 is 0.262. The minimum absolute atomic E-state index is 0.0108. The van der Waals surface area contributed by atoms with E-state index in [0.717, 1.165) is 11.1 Å². The average Bonchev–Trinajstić information content (AvgIpc) is 3.10. The Hall–Kier alpha value is -3.17. The minimum Gasteiger partial charge on any atom is -0.343 e. The van der Waals surface area contributed by atoms with Crippen LogP contribution in [-0.2, 0) is 11.2 Å². The van der Waals surface area contributed by atoms with E-state index in [-0.39, 0.29) is 27.5 Å². The van der Waals surface area contributed by atoms with E-state index in [1.165, 1.54) is 0 Å². The Bertz CT molecular complexity index is 1210. The average molecular weight is 517 g/mol. The standard InChI is InChI=1S/C22H19BrClN5O3/c1-29-11-10-12-6-2-3-7-13(12)17(22(29)32)25-21(31)18-16(23)19(28-27-18)26-20(30)14-8-4-5-9-15(14)24/h2-9,17H,10-11H2,1H3,(H,25,31)(H2,26,27,28,30). The molecule has 0 saturated carbocycles. The lowest BCUT2D eigenvalue weighted by atomic mass is 9.99. The second-order valence-electron chi connectivity index (χ2n) is 7.31. The Balaban J connectivity index is 1.56. The number of carbonyl (C=O) groups is 3. The third-order valence-electron chi connectivity index (χ3n) is 5.26. The third-order valence-corrected chi connectivity index (χ3v) is 6.36. The summed E-state index contributed by atoms with van der Waals surface area (Å²) in [6, 6.07) is 13.3. The molecule has 0 fully saturated rings. The summed E-state index contributed by atoms with van der Waals surface area (Å²) >= 11 is 9.38. The first-order valence-electron chi connectivity index (χ1n) is 9.80. The number of halogens is 2. The van der Waals surface area contributed by atoms with Crippen molar-refractivity contribution in [2.75, 3.05) is 18.9 Å². The SMILES string of the molecule is CN1CCc2ccccc2C(NC(=O)c2n[nH]c(NC(=O)c3ccccc3Cl)c2Br)C1=O. The molecule has 0 saturated heterocycles. The van der Waals surface area contributed by atoms with Crippen molar-refractivity contribution >= 4 is 51.1 Å². The van der Waals surface area contributed by atoms with Gasteiger partial charge < -0.3 is 15.5 Å². The van der Waals surface area contributed by atoms with Gasteiger partial charge in [-0.3, -0.25) is 19.5 Å². The highest BCUT2D eigenvalue weighted by Gasteiger charge is 2.32. The van der Waals surface area contributed by atoms with Gasteiger partial charge in [-0.15, -0.1) is 0 Å². The van der Waals surface area contributed by atoms with E-state index < -0.39 is 17.9 Å². The van der Waals surface area contributed by atoms with Crippen molar-refractivity contribution in [3.63, 3.8) is 0 Å². The highest BCUT2D eigenvalue weighted by molar-refractivity contribution is 9.10. The molecule has 1 atom stereocenters. The molecule has 1 aliphatic heterocycles. The molecular weight excluding hydrogens is 498 g/mol. The molecule has 0 spiro atoms. The molecule has 164 valence electrons. The van der Waals surface area contributed by atoms with E-state index in [1.807, 2.05) is 24.3 Å². The number of benzene rings is 2. The first kappa shape index (κ1) is 22.0. The van der Waals surface area contributed by atoms with Crippen molar-refractivity contribution in [2.45, 2.75) is 12.5 Å². The number of nitrogens with one attached hydrogen (secondary N) is 3. The van der Waals surface area contributed by atoms with E-state index in [9.17, 15) is 14.4 Å². The van der Waals surface area contributed by atoms with E-state index in [2.05, 4.69) is 36.8 Å². The Morgan fingerprint density at radius 1 is 1.16 bits per heavy atom. The van der Waals surface area contributed by atoms with Crippen LogP contribution in [0.3, 0.4) is 0 Å². The highest BCUT2D eigenvalue weighted by Crippen LogP contribution is 2.28. The number of amides is 3. The first-order valence-corrected chi connectivity index (χ1v) is 11.0. The van der Waals surface area contributed by atoms with Crippen LogP contribution in [0.4, 0.5) is 5.82 Å². The van der Waals surface area contributed by atoms with Crippen LogP contribution < -0.4 is 10.6 Å². The summed E-state index contributed by atoms with van der Waals surface area (Å²) in [6.45, 7) is 0.562. The zero-order chi connectivity index (χ0) is 22.8. The summed E-state index contributed by atoms with van der Waals surface area (Å²) in [6.07, 6.45) is 0.703. The molecule has 0 bridgehead atoms. The van der Waals surface area contributed by atoms with Gasteiger partial charge in [0.05, 0.1) is 15.1 Å². The van der Waals surface area contributed by atoms with Crippen molar-refractivity contribution < 1.29 is 14.4 Å². The van der Waals surface area contributed by atoms with Crippen LogP contribution in [0.1, 0.15) is 38.0 Å². The van der Waals surface area contributed by atoms with Gasteiger partial charge in [0, 0.05) is 13.6 Å². The number of anilines is 1. The predicted molar refractivity (Wildman–Crippen MR) is 124 cm³/mol. The number of rotatable bonds is 4. The third kappa shape index (κ3) is 4.26. The molecule has 3 N–H and O–H groups in total. The maximum absolute atomic E-state index is 13.0. The lowest BCUT2D eigenvalue weighted by Crippen LogP contribution is -2.40. The van der Waals surface area contributed by atoms with Gasteiger partial charge in [-0.05, 0) is 45.6 Å². The molecular formula is C22H19BrClN5O3. The normalized spacial score (nSPS) is 15.7. The number of nitrogens with zero attached hydrogens (tertiary/aromatic N) is 2. The smallest absolute Gasteiger partial charge is 0.273 e. The van der Waals surface area contributed by atoms with Gasteiger partial charge in [-0.2, -0.15) is 5.10 Å². The maximum Gasteiger partial charge on any atom is 0.273 e. The summed E-state index contributed by atoms with van der Waals surface area (Å²) in [5.74, 6) is -1.02. The summed E-state index contributed by atoms with van der Waals surface area (Å²) in [5, 5.41) is 12.4. The van der Waals surface area contributed by atoms with Crippen molar-refractivity contribution in [3.8, 4) is 0 Å². The number of fused-ring (bicyclic) bond motifs is 1. The molecule has 2 aromatic carbocycles. The van der Waals surface area contributed by atoms with E-state index >= 15 is 0 Å². The van der Waals surface area contributed by atoms with Gasteiger partial charge in [0.2, 0.25) is 5.91 Å². The molecule has 0 aliphatic carbocycles. The van der Waals surface area contributed by atoms with Gasteiger partial charge in [-0.1, -0.05) is 48.0 Å². The van der Waals surface area contributed by atoms with Crippen LogP contribution in [-0.4, -0.2) is 46.4 Å². The molecule has 32 heavy (non-hydrogen) atoms. The zero-order valence-corrected chi connectivity index (χ0v) is 19.3. The first-order chi connectivity index (χ1) is 15.4. The largest absolute Gasteiger partial charge is 0.343 e. The number of aromatic amines is 1. The molecule has 10 heteroatoms. The summed E-state index contributed by atoms with van der Waals surface area (Å²) in [4.78, 5) is 40.0. The zero-order valence-electron chi connectivity index (χ0n) is 17.0. The van der Waals surface area contributed by atoms with Gasteiger partial charge in [0.25, 0.3) is 11.8 Å². The second kappa shape index (κ2) is 9.13. The van der Waals surface area contributed by atoms with Crippen molar-refractivity contribution in [3.05, 3.63) is 80.4 Å². The van der Waals surface area contributed by atoms with Crippen LogP contribution in [0.15, 0.2) is 53.0 Å². The van der Waals surface area contributed by atoms with E-state index in [4.69, 9.17) is 11.6 Å². The summed E-state index contributed by atoms with van der Waals surface area (Å²) in [7, 11) is 1.71. The Morgan fingerprint density at radius 3 is 2.66 bits per heavy atom. The van der Waals surface area contributed by atoms with Crippen LogP contribution in [0.25, 0.3) is 0 Å². The number of carbonyl (C=O) groups excluding carboxylic acids is 3. The highest BCUT2D eigenvalue weighted by atomic mass is 79.9. The Morgan fingerprint density at radius 2 is 1.88 bits per heavy atom. The maximum atomic E-state index is 13.0. The van der Waals surface area contributed by atoms with Gasteiger partial charge in [-0.25, -0.2) is 0 Å².